The van der Waals surface area contributed by atoms with Gasteiger partial charge in [-0.15, -0.1) is 0 Å². The molecule has 3 amide bonds. The van der Waals surface area contributed by atoms with Gasteiger partial charge in [-0.05, 0) is 19.8 Å². The maximum absolute atomic E-state index is 11.6. The van der Waals surface area contributed by atoms with E-state index in [0.29, 0.717) is 19.1 Å². The van der Waals surface area contributed by atoms with Crippen LogP contribution in [0.2, 0.25) is 0 Å². The van der Waals surface area contributed by atoms with Crippen molar-refractivity contribution in [3.8, 4) is 0 Å². The maximum Gasteiger partial charge on any atom is 0.318 e. The zero-order valence-electron chi connectivity index (χ0n) is 8.25. The van der Waals surface area contributed by atoms with Gasteiger partial charge in [-0.2, -0.15) is 0 Å². The Morgan fingerprint density at radius 3 is 2.93 bits per heavy atom. The van der Waals surface area contributed by atoms with Crippen molar-refractivity contribution in [2.24, 2.45) is 0 Å². The number of amides is 3. The van der Waals surface area contributed by atoms with E-state index in [2.05, 4.69) is 10.6 Å². The molecule has 2 rings (SSSR count). The molecule has 5 heteroatoms. The first-order valence-corrected chi connectivity index (χ1v) is 5.03. The van der Waals surface area contributed by atoms with E-state index in [0.717, 1.165) is 12.8 Å². The molecule has 1 unspecified atom stereocenters. The quantitative estimate of drug-likeness (QED) is 0.605. The molecule has 0 bridgehead atoms. The second kappa shape index (κ2) is 3.48. The number of hydrogen-bond donors (Lipinski definition) is 2. The van der Waals surface area contributed by atoms with Gasteiger partial charge in [-0.25, -0.2) is 4.79 Å². The van der Waals surface area contributed by atoms with Gasteiger partial charge in [0, 0.05) is 19.1 Å². The lowest BCUT2D eigenvalue weighted by Gasteiger charge is -2.32. The molecule has 0 aromatic carbocycles. The van der Waals surface area contributed by atoms with Crippen molar-refractivity contribution >= 4 is 11.9 Å². The lowest BCUT2D eigenvalue weighted by molar-refractivity contribution is -0.126. The summed E-state index contributed by atoms with van der Waals surface area (Å²) in [7, 11) is 0. The Balaban J connectivity index is 1.93. The molecular formula is C9H15N3O2. The van der Waals surface area contributed by atoms with E-state index in [9.17, 15) is 9.59 Å². The number of piperazine rings is 1. The summed E-state index contributed by atoms with van der Waals surface area (Å²) in [4.78, 5) is 24.5. The third-order valence-electron chi connectivity index (χ3n) is 2.66. The van der Waals surface area contributed by atoms with Crippen LogP contribution in [-0.4, -0.2) is 42.0 Å². The van der Waals surface area contributed by atoms with Crippen LogP contribution in [0.15, 0.2) is 0 Å². The predicted octanol–water partition coefficient (Wildman–Crippen LogP) is -0.321. The Bertz CT molecular complexity index is 263. The summed E-state index contributed by atoms with van der Waals surface area (Å²) >= 11 is 0. The Morgan fingerprint density at radius 2 is 2.29 bits per heavy atom. The summed E-state index contributed by atoms with van der Waals surface area (Å²) in [6.07, 6.45) is 2.14. The van der Waals surface area contributed by atoms with Gasteiger partial charge in [0.2, 0.25) is 5.91 Å². The molecule has 1 atom stereocenters. The molecule has 14 heavy (non-hydrogen) atoms. The maximum atomic E-state index is 11.6. The van der Waals surface area contributed by atoms with Crippen molar-refractivity contribution in [2.45, 2.75) is 31.8 Å². The molecule has 2 aliphatic rings. The summed E-state index contributed by atoms with van der Waals surface area (Å²) in [5, 5.41) is 5.61. The summed E-state index contributed by atoms with van der Waals surface area (Å²) in [5.41, 5.74) is 0. The highest BCUT2D eigenvalue weighted by Gasteiger charge is 2.32. The van der Waals surface area contributed by atoms with E-state index in [1.165, 1.54) is 0 Å². The second-order valence-corrected chi connectivity index (χ2v) is 3.88. The van der Waals surface area contributed by atoms with Crippen molar-refractivity contribution in [1.82, 2.24) is 15.5 Å². The zero-order chi connectivity index (χ0) is 10.1. The number of nitrogens with one attached hydrogen (secondary N) is 2. The highest BCUT2D eigenvalue weighted by atomic mass is 16.2. The fourth-order valence-corrected chi connectivity index (χ4v) is 1.55. The van der Waals surface area contributed by atoms with E-state index < -0.39 is 0 Å². The summed E-state index contributed by atoms with van der Waals surface area (Å²) in [6.45, 7) is 2.91. The van der Waals surface area contributed by atoms with Crippen LogP contribution in [-0.2, 0) is 4.79 Å². The first-order valence-electron chi connectivity index (χ1n) is 5.03. The molecule has 2 fully saturated rings. The molecule has 0 spiro atoms. The van der Waals surface area contributed by atoms with Crippen LogP contribution < -0.4 is 10.6 Å². The van der Waals surface area contributed by atoms with Gasteiger partial charge in [-0.3, -0.25) is 4.79 Å². The van der Waals surface area contributed by atoms with Crippen molar-refractivity contribution in [3.05, 3.63) is 0 Å². The Kier molecular flexibility index (Phi) is 2.31. The van der Waals surface area contributed by atoms with E-state index in [4.69, 9.17) is 0 Å². The number of nitrogens with zero attached hydrogens (tertiary/aromatic N) is 1. The standard InChI is InChI=1S/C9H15N3O2/c1-6-8(13)10-4-5-12(6)9(14)11-7-2-3-7/h6-7H,2-5H2,1H3,(H,10,13)(H,11,14). The molecule has 1 aliphatic heterocycles. The van der Waals surface area contributed by atoms with Crippen LogP contribution in [0, 0.1) is 0 Å². The van der Waals surface area contributed by atoms with Gasteiger partial charge in [0.1, 0.15) is 6.04 Å². The van der Waals surface area contributed by atoms with Crippen molar-refractivity contribution in [1.29, 1.82) is 0 Å². The van der Waals surface area contributed by atoms with Crippen LogP contribution >= 0.6 is 0 Å². The third kappa shape index (κ3) is 1.81. The number of urea groups is 1. The van der Waals surface area contributed by atoms with Gasteiger partial charge < -0.3 is 15.5 Å². The van der Waals surface area contributed by atoms with Crippen molar-refractivity contribution in [2.75, 3.05) is 13.1 Å². The van der Waals surface area contributed by atoms with Gasteiger partial charge in [0.05, 0.1) is 0 Å². The Labute approximate surface area is 82.8 Å². The molecule has 2 N–H and O–H groups in total. The average Bonchev–Trinajstić information content (AvgIpc) is 2.93. The van der Waals surface area contributed by atoms with E-state index in [-0.39, 0.29) is 18.0 Å². The second-order valence-electron chi connectivity index (χ2n) is 3.88. The van der Waals surface area contributed by atoms with Crippen LogP contribution in [0.25, 0.3) is 0 Å². The predicted molar refractivity (Wildman–Crippen MR) is 50.7 cm³/mol. The summed E-state index contributed by atoms with van der Waals surface area (Å²) in [5.74, 6) is -0.0674. The average molecular weight is 197 g/mol. The van der Waals surface area contributed by atoms with E-state index in [1.807, 2.05) is 0 Å². The minimum Gasteiger partial charge on any atom is -0.353 e. The first-order chi connectivity index (χ1) is 6.68. The van der Waals surface area contributed by atoms with Gasteiger partial charge in [-0.1, -0.05) is 0 Å². The monoisotopic (exact) mass is 197 g/mol. The molecule has 1 aliphatic carbocycles. The Hall–Kier alpha value is -1.26. The molecule has 1 saturated carbocycles. The highest BCUT2D eigenvalue weighted by molar-refractivity contribution is 5.88. The largest absolute Gasteiger partial charge is 0.353 e. The lowest BCUT2D eigenvalue weighted by Crippen LogP contribution is -2.58. The van der Waals surface area contributed by atoms with Crippen molar-refractivity contribution < 1.29 is 9.59 Å². The molecular weight excluding hydrogens is 182 g/mol. The topological polar surface area (TPSA) is 61.4 Å². The number of carbonyl (C=O) groups excluding carboxylic acids is 2. The number of carbonyl (C=O) groups is 2. The van der Waals surface area contributed by atoms with E-state index >= 15 is 0 Å². The van der Waals surface area contributed by atoms with Gasteiger partial charge in [0.25, 0.3) is 0 Å². The lowest BCUT2D eigenvalue weighted by atomic mass is 10.2. The van der Waals surface area contributed by atoms with Crippen LogP contribution in [0.5, 0.6) is 0 Å². The molecule has 0 aromatic rings. The van der Waals surface area contributed by atoms with Crippen molar-refractivity contribution in [3.63, 3.8) is 0 Å². The van der Waals surface area contributed by atoms with Crippen LogP contribution in [0.3, 0.4) is 0 Å². The first kappa shape index (κ1) is 9.30. The van der Waals surface area contributed by atoms with Gasteiger partial charge >= 0.3 is 6.03 Å². The van der Waals surface area contributed by atoms with Crippen LogP contribution in [0.4, 0.5) is 4.79 Å². The SMILES string of the molecule is CC1C(=O)NCCN1C(=O)NC1CC1. The number of rotatable bonds is 1. The molecule has 1 saturated heterocycles. The normalized spacial score (nSPS) is 27.1. The molecule has 0 radical (unpaired) electrons. The fraction of sp³-hybridized carbons (Fsp3) is 0.778. The molecule has 5 nitrogen and oxygen atoms in total. The summed E-state index contributed by atoms with van der Waals surface area (Å²) < 4.78 is 0. The van der Waals surface area contributed by atoms with E-state index in [1.54, 1.807) is 11.8 Å². The smallest absolute Gasteiger partial charge is 0.318 e. The molecule has 1 heterocycles. The highest BCUT2D eigenvalue weighted by Crippen LogP contribution is 2.19. The minimum atomic E-state index is -0.345. The van der Waals surface area contributed by atoms with Gasteiger partial charge in [0.15, 0.2) is 0 Å². The van der Waals surface area contributed by atoms with Crippen LogP contribution in [0.1, 0.15) is 19.8 Å². The summed E-state index contributed by atoms with van der Waals surface area (Å²) in [6, 6.07) is -0.1000. The fourth-order valence-electron chi connectivity index (χ4n) is 1.55. The minimum absolute atomic E-state index is 0.0674. The molecule has 0 aromatic heterocycles. The zero-order valence-corrected chi connectivity index (χ0v) is 8.25. The third-order valence-corrected chi connectivity index (χ3v) is 2.66. The number of hydrogen-bond acceptors (Lipinski definition) is 2. The Morgan fingerprint density at radius 1 is 1.57 bits per heavy atom. The molecule has 78 valence electrons.